The van der Waals surface area contributed by atoms with Crippen LogP contribution in [0.5, 0.6) is 5.75 Å². The minimum atomic E-state index is -4.72. The van der Waals surface area contributed by atoms with Crippen LogP contribution < -0.4 is 4.74 Å². The van der Waals surface area contributed by atoms with E-state index in [-0.39, 0.29) is 17.7 Å². The smallest absolute Gasteiger partial charge is 0.406 e. The summed E-state index contributed by atoms with van der Waals surface area (Å²) in [7, 11) is 1.81. The standard InChI is InChI=1S/C25H29F3N2O2/c1-7-29(6)15-19(5)24(31)30(17(2)3)16-20-9-8-18(4)23(14-20)21-10-12-22(13-11-21)32-25(26,27)28/h7-15,17H,1,16H2,2-6H3/b19-15+. The summed E-state index contributed by atoms with van der Waals surface area (Å²) in [5, 5.41) is 0. The van der Waals surface area contributed by atoms with Crippen LogP contribution in [0.15, 0.2) is 67.0 Å². The Kier molecular flexibility index (Phi) is 8.14. The van der Waals surface area contributed by atoms with Crippen molar-refractivity contribution in [1.29, 1.82) is 0 Å². The van der Waals surface area contributed by atoms with Crippen LogP contribution in [-0.2, 0) is 11.3 Å². The Hall–Kier alpha value is -3.22. The van der Waals surface area contributed by atoms with Crippen LogP contribution in [0.25, 0.3) is 11.1 Å². The zero-order valence-corrected chi connectivity index (χ0v) is 19.0. The molecule has 2 aromatic carbocycles. The van der Waals surface area contributed by atoms with Crippen molar-refractivity contribution in [3.05, 3.63) is 78.1 Å². The van der Waals surface area contributed by atoms with Crippen LogP contribution in [0.1, 0.15) is 31.9 Å². The monoisotopic (exact) mass is 446 g/mol. The fourth-order valence-corrected chi connectivity index (χ4v) is 3.24. The maximum absolute atomic E-state index is 13.0. The molecule has 0 saturated carbocycles. The molecule has 172 valence electrons. The summed E-state index contributed by atoms with van der Waals surface area (Å²) < 4.78 is 41.2. The van der Waals surface area contributed by atoms with E-state index in [2.05, 4.69) is 11.3 Å². The second kappa shape index (κ2) is 10.4. The molecule has 1 amide bonds. The molecule has 0 spiro atoms. The molecule has 0 aliphatic rings. The summed E-state index contributed by atoms with van der Waals surface area (Å²) >= 11 is 0. The van der Waals surface area contributed by atoms with E-state index in [1.807, 2.05) is 39.0 Å². The average molecular weight is 447 g/mol. The number of aryl methyl sites for hydroxylation is 1. The number of carbonyl (C=O) groups is 1. The molecule has 0 bridgehead atoms. The first-order chi connectivity index (χ1) is 14.9. The zero-order valence-electron chi connectivity index (χ0n) is 19.0. The van der Waals surface area contributed by atoms with E-state index >= 15 is 0 Å². The first-order valence-corrected chi connectivity index (χ1v) is 10.2. The highest BCUT2D eigenvalue weighted by atomic mass is 19.4. The van der Waals surface area contributed by atoms with E-state index in [9.17, 15) is 18.0 Å². The van der Waals surface area contributed by atoms with Gasteiger partial charge in [-0.1, -0.05) is 30.8 Å². The molecule has 0 atom stereocenters. The van der Waals surface area contributed by atoms with Crippen LogP contribution in [0.2, 0.25) is 0 Å². The predicted octanol–water partition coefficient (Wildman–Crippen LogP) is 6.28. The quantitative estimate of drug-likeness (QED) is 0.448. The number of ether oxygens (including phenoxy) is 1. The number of rotatable bonds is 8. The Balaban J connectivity index is 2.30. The number of halogens is 3. The van der Waals surface area contributed by atoms with E-state index in [0.717, 1.165) is 22.3 Å². The third-order valence-corrected chi connectivity index (χ3v) is 4.96. The van der Waals surface area contributed by atoms with Gasteiger partial charge in [0.15, 0.2) is 0 Å². The van der Waals surface area contributed by atoms with E-state index in [1.165, 1.54) is 12.1 Å². The molecule has 0 N–H and O–H groups in total. The van der Waals surface area contributed by atoms with Gasteiger partial charge in [-0.3, -0.25) is 4.79 Å². The first-order valence-electron chi connectivity index (χ1n) is 10.2. The lowest BCUT2D eigenvalue weighted by Crippen LogP contribution is -2.37. The van der Waals surface area contributed by atoms with Gasteiger partial charge in [-0.25, -0.2) is 0 Å². The number of benzene rings is 2. The summed E-state index contributed by atoms with van der Waals surface area (Å²) in [6, 6.07) is 11.6. The molecule has 0 fully saturated rings. The Labute approximate surface area is 187 Å². The van der Waals surface area contributed by atoms with Gasteiger partial charge >= 0.3 is 6.36 Å². The molecule has 7 heteroatoms. The Bertz CT molecular complexity index is 980. The summed E-state index contributed by atoms with van der Waals surface area (Å²) in [4.78, 5) is 16.5. The first kappa shape index (κ1) is 25.0. The van der Waals surface area contributed by atoms with Crippen molar-refractivity contribution in [2.75, 3.05) is 7.05 Å². The van der Waals surface area contributed by atoms with Crippen molar-refractivity contribution in [1.82, 2.24) is 9.80 Å². The maximum Gasteiger partial charge on any atom is 0.573 e. The van der Waals surface area contributed by atoms with E-state index in [4.69, 9.17) is 0 Å². The fraction of sp³-hybridized carbons (Fsp3) is 0.320. The molecule has 2 aromatic rings. The number of carbonyl (C=O) groups excluding carboxylic acids is 1. The predicted molar refractivity (Wildman–Crippen MR) is 121 cm³/mol. The molecular formula is C25H29F3N2O2. The summed E-state index contributed by atoms with van der Waals surface area (Å²) in [6.45, 7) is 11.7. The lowest BCUT2D eigenvalue weighted by molar-refractivity contribution is -0.274. The number of nitrogens with zero attached hydrogens (tertiary/aromatic N) is 2. The van der Waals surface area contributed by atoms with Gasteiger partial charge in [0.2, 0.25) is 0 Å². The van der Waals surface area contributed by atoms with E-state index < -0.39 is 6.36 Å². The number of amides is 1. The Morgan fingerprint density at radius 1 is 1.16 bits per heavy atom. The van der Waals surface area contributed by atoms with Crippen molar-refractivity contribution in [2.45, 2.75) is 46.6 Å². The van der Waals surface area contributed by atoms with Crippen LogP contribution in [0, 0.1) is 6.92 Å². The minimum absolute atomic E-state index is 0.0246. The highest BCUT2D eigenvalue weighted by molar-refractivity contribution is 5.93. The average Bonchev–Trinajstić information content (AvgIpc) is 2.71. The topological polar surface area (TPSA) is 32.8 Å². The molecule has 32 heavy (non-hydrogen) atoms. The molecule has 0 aromatic heterocycles. The summed E-state index contributed by atoms with van der Waals surface area (Å²) in [6.07, 6.45) is -1.37. The number of hydrogen-bond acceptors (Lipinski definition) is 3. The second-order valence-electron chi connectivity index (χ2n) is 7.91. The Morgan fingerprint density at radius 2 is 1.78 bits per heavy atom. The normalized spacial score (nSPS) is 12.0. The van der Waals surface area contributed by atoms with Crippen LogP contribution in [-0.4, -0.2) is 35.2 Å². The summed E-state index contributed by atoms with van der Waals surface area (Å²) in [5.74, 6) is -0.345. The molecule has 4 nitrogen and oxygen atoms in total. The van der Waals surface area contributed by atoms with Gasteiger partial charge in [-0.15, -0.1) is 13.2 Å². The van der Waals surface area contributed by atoms with Gasteiger partial charge in [0, 0.05) is 31.4 Å². The lowest BCUT2D eigenvalue weighted by atomic mass is 9.97. The lowest BCUT2D eigenvalue weighted by Gasteiger charge is -2.28. The van der Waals surface area contributed by atoms with Crippen molar-refractivity contribution in [2.24, 2.45) is 0 Å². The number of hydrogen-bond donors (Lipinski definition) is 0. The minimum Gasteiger partial charge on any atom is -0.406 e. The van der Waals surface area contributed by atoms with Gasteiger partial charge in [0.1, 0.15) is 5.75 Å². The number of alkyl halides is 3. The van der Waals surface area contributed by atoms with Crippen LogP contribution >= 0.6 is 0 Å². The molecule has 0 radical (unpaired) electrons. The maximum atomic E-state index is 13.0. The molecular weight excluding hydrogens is 417 g/mol. The van der Waals surface area contributed by atoms with E-state index in [1.54, 1.807) is 48.3 Å². The van der Waals surface area contributed by atoms with Crippen LogP contribution in [0.4, 0.5) is 13.2 Å². The SMILES string of the molecule is C=CN(C)/C=C(\C)C(=O)N(Cc1ccc(C)c(-c2ccc(OC(F)(F)F)cc2)c1)C(C)C. The highest BCUT2D eigenvalue weighted by Crippen LogP contribution is 2.29. The van der Waals surface area contributed by atoms with Crippen LogP contribution in [0.3, 0.4) is 0 Å². The zero-order chi connectivity index (χ0) is 24.1. The summed E-state index contributed by atoms with van der Waals surface area (Å²) in [5.41, 5.74) is 4.15. The fourth-order valence-electron chi connectivity index (χ4n) is 3.24. The molecule has 0 unspecified atom stereocenters. The van der Waals surface area contributed by atoms with Gasteiger partial charge in [0.25, 0.3) is 5.91 Å². The van der Waals surface area contributed by atoms with Crippen molar-refractivity contribution < 1.29 is 22.7 Å². The van der Waals surface area contributed by atoms with E-state index in [0.29, 0.717) is 12.1 Å². The van der Waals surface area contributed by atoms with Crippen molar-refractivity contribution in [3.8, 4) is 16.9 Å². The highest BCUT2D eigenvalue weighted by Gasteiger charge is 2.31. The van der Waals surface area contributed by atoms with Crippen molar-refractivity contribution in [3.63, 3.8) is 0 Å². The molecule has 0 aliphatic carbocycles. The largest absolute Gasteiger partial charge is 0.573 e. The Morgan fingerprint density at radius 3 is 2.31 bits per heavy atom. The van der Waals surface area contributed by atoms with Gasteiger partial charge in [-0.05, 0) is 74.3 Å². The van der Waals surface area contributed by atoms with Crippen molar-refractivity contribution >= 4 is 5.91 Å². The van der Waals surface area contributed by atoms with Gasteiger partial charge in [-0.2, -0.15) is 0 Å². The van der Waals surface area contributed by atoms with Gasteiger partial charge < -0.3 is 14.5 Å². The second-order valence-corrected chi connectivity index (χ2v) is 7.91. The third kappa shape index (κ3) is 6.90. The molecule has 0 heterocycles. The molecule has 0 saturated heterocycles. The van der Waals surface area contributed by atoms with Gasteiger partial charge in [0.05, 0.1) is 0 Å². The molecule has 0 aliphatic heterocycles. The molecule has 2 rings (SSSR count). The third-order valence-electron chi connectivity index (χ3n) is 4.96.